The molecule has 2 amide bonds. The third-order valence-corrected chi connectivity index (χ3v) is 5.10. The van der Waals surface area contributed by atoms with Crippen LogP contribution in [0.4, 0.5) is 5.69 Å². The van der Waals surface area contributed by atoms with Crippen molar-refractivity contribution in [3.05, 3.63) is 65.7 Å². The summed E-state index contributed by atoms with van der Waals surface area (Å²) in [4.78, 5) is 25.0. The molecule has 1 saturated carbocycles. The fourth-order valence-corrected chi connectivity index (χ4v) is 3.61. The van der Waals surface area contributed by atoms with Gasteiger partial charge in [0.25, 0.3) is 5.91 Å². The van der Waals surface area contributed by atoms with Crippen LogP contribution in [-0.4, -0.2) is 17.9 Å². The Morgan fingerprint density at radius 3 is 2.37 bits per heavy atom. The number of carbonyl (C=O) groups excluding carboxylic acids is 2. The number of nitrogens with one attached hydrogen (secondary N) is 2. The molecular formula is C23H28N2O2. The summed E-state index contributed by atoms with van der Waals surface area (Å²) in [7, 11) is 0. The zero-order chi connectivity index (χ0) is 18.9. The highest BCUT2D eigenvalue weighted by atomic mass is 16.2. The molecule has 0 aliphatic heterocycles. The van der Waals surface area contributed by atoms with Gasteiger partial charge >= 0.3 is 0 Å². The number of benzene rings is 2. The van der Waals surface area contributed by atoms with Gasteiger partial charge in [0, 0.05) is 12.5 Å². The molecular weight excluding hydrogens is 336 g/mol. The molecule has 142 valence electrons. The second kappa shape index (κ2) is 9.91. The van der Waals surface area contributed by atoms with Crippen molar-refractivity contribution < 1.29 is 9.59 Å². The molecule has 4 nitrogen and oxygen atoms in total. The summed E-state index contributed by atoms with van der Waals surface area (Å²) in [5, 5.41) is 6.04. The lowest BCUT2D eigenvalue weighted by atomic mass is 9.95. The Morgan fingerprint density at radius 2 is 1.59 bits per heavy atom. The molecule has 1 aliphatic carbocycles. The van der Waals surface area contributed by atoms with Crippen molar-refractivity contribution in [1.82, 2.24) is 5.32 Å². The normalized spacial score (nSPS) is 14.5. The van der Waals surface area contributed by atoms with Gasteiger partial charge in [-0.3, -0.25) is 9.59 Å². The summed E-state index contributed by atoms with van der Waals surface area (Å²) < 4.78 is 0. The molecule has 2 aromatic rings. The Labute approximate surface area is 161 Å². The number of anilines is 1. The Morgan fingerprint density at radius 1 is 0.889 bits per heavy atom. The van der Waals surface area contributed by atoms with Crippen molar-refractivity contribution in [3.8, 4) is 0 Å². The molecule has 2 N–H and O–H groups in total. The van der Waals surface area contributed by atoms with Crippen LogP contribution in [0.1, 0.15) is 60.9 Å². The van der Waals surface area contributed by atoms with Crippen LogP contribution in [0.3, 0.4) is 0 Å². The highest BCUT2D eigenvalue weighted by Gasteiger charge is 2.19. The first kappa shape index (κ1) is 19.2. The fourth-order valence-electron chi connectivity index (χ4n) is 3.61. The highest BCUT2D eigenvalue weighted by molar-refractivity contribution is 6.03. The first-order valence-electron chi connectivity index (χ1n) is 9.96. The molecule has 0 heterocycles. The standard InChI is InChI=1S/C23H28N2O2/c26-22(17-9-12-18-10-3-1-4-11-18)25-21-16-8-7-15-20(21)23(27)24-19-13-5-2-6-14-19/h1,3-4,7-8,10-11,15-16,19H,2,5-6,9,12-14,17H2,(H,24,27)(H,25,26). The maximum atomic E-state index is 12.7. The lowest BCUT2D eigenvalue weighted by molar-refractivity contribution is -0.116. The van der Waals surface area contributed by atoms with Crippen LogP contribution < -0.4 is 10.6 Å². The SMILES string of the molecule is O=C(CCCc1ccccc1)Nc1ccccc1C(=O)NC1CCCCC1. The van der Waals surface area contributed by atoms with Crippen LogP contribution in [0.15, 0.2) is 54.6 Å². The number of hydrogen-bond donors (Lipinski definition) is 2. The summed E-state index contributed by atoms with van der Waals surface area (Å²) in [6, 6.07) is 17.7. The van der Waals surface area contributed by atoms with E-state index in [4.69, 9.17) is 0 Å². The number of hydrogen-bond acceptors (Lipinski definition) is 2. The van der Waals surface area contributed by atoms with Gasteiger partial charge < -0.3 is 10.6 Å². The molecule has 0 unspecified atom stereocenters. The molecule has 1 aliphatic rings. The quantitative estimate of drug-likeness (QED) is 0.747. The first-order chi connectivity index (χ1) is 13.2. The average molecular weight is 364 g/mol. The minimum Gasteiger partial charge on any atom is -0.349 e. The lowest BCUT2D eigenvalue weighted by Gasteiger charge is -2.23. The van der Waals surface area contributed by atoms with E-state index in [2.05, 4.69) is 22.8 Å². The lowest BCUT2D eigenvalue weighted by Crippen LogP contribution is -2.36. The highest BCUT2D eigenvalue weighted by Crippen LogP contribution is 2.20. The van der Waals surface area contributed by atoms with Crippen LogP contribution in [-0.2, 0) is 11.2 Å². The summed E-state index contributed by atoms with van der Waals surface area (Å²) in [6.45, 7) is 0. The van der Waals surface area contributed by atoms with Crippen molar-refractivity contribution in [2.75, 3.05) is 5.32 Å². The van der Waals surface area contributed by atoms with E-state index in [1.807, 2.05) is 30.3 Å². The molecule has 2 aromatic carbocycles. The third-order valence-electron chi connectivity index (χ3n) is 5.10. The number of para-hydroxylation sites is 1. The summed E-state index contributed by atoms with van der Waals surface area (Å²) in [5.74, 6) is -0.147. The van der Waals surface area contributed by atoms with Gasteiger partial charge in [0.05, 0.1) is 11.3 Å². The van der Waals surface area contributed by atoms with Gasteiger partial charge in [-0.2, -0.15) is 0 Å². The topological polar surface area (TPSA) is 58.2 Å². The van der Waals surface area contributed by atoms with Gasteiger partial charge in [-0.1, -0.05) is 61.7 Å². The molecule has 4 heteroatoms. The predicted molar refractivity (Wildman–Crippen MR) is 109 cm³/mol. The third kappa shape index (κ3) is 5.95. The average Bonchev–Trinajstić information content (AvgIpc) is 2.70. The van der Waals surface area contributed by atoms with Crippen molar-refractivity contribution in [2.24, 2.45) is 0 Å². The zero-order valence-electron chi connectivity index (χ0n) is 15.7. The maximum absolute atomic E-state index is 12.7. The number of carbonyl (C=O) groups is 2. The molecule has 3 rings (SSSR count). The number of rotatable bonds is 7. The molecule has 0 saturated heterocycles. The zero-order valence-corrected chi connectivity index (χ0v) is 15.7. The van der Waals surface area contributed by atoms with E-state index in [1.54, 1.807) is 12.1 Å². The van der Waals surface area contributed by atoms with Gasteiger partial charge in [0.2, 0.25) is 5.91 Å². The summed E-state index contributed by atoms with van der Waals surface area (Å²) in [5.41, 5.74) is 2.37. The number of amides is 2. The Balaban J connectivity index is 1.53. The van der Waals surface area contributed by atoms with Crippen molar-refractivity contribution >= 4 is 17.5 Å². The second-order valence-corrected chi connectivity index (χ2v) is 7.24. The van der Waals surface area contributed by atoms with E-state index >= 15 is 0 Å². The minimum atomic E-state index is -0.0953. The summed E-state index contributed by atoms with van der Waals surface area (Å²) in [6.07, 6.45) is 7.77. The molecule has 1 fully saturated rings. The van der Waals surface area contributed by atoms with Crippen LogP contribution in [0, 0.1) is 0 Å². The molecule has 0 atom stereocenters. The number of aryl methyl sites for hydroxylation is 1. The molecule has 0 aromatic heterocycles. The van der Waals surface area contributed by atoms with Crippen molar-refractivity contribution in [2.45, 2.75) is 57.4 Å². The van der Waals surface area contributed by atoms with E-state index in [-0.39, 0.29) is 17.9 Å². The van der Waals surface area contributed by atoms with Crippen LogP contribution in [0.5, 0.6) is 0 Å². The molecule has 0 radical (unpaired) electrons. The largest absolute Gasteiger partial charge is 0.349 e. The van der Waals surface area contributed by atoms with Gasteiger partial charge in [0.15, 0.2) is 0 Å². The van der Waals surface area contributed by atoms with E-state index in [0.29, 0.717) is 17.7 Å². The van der Waals surface area contributed by atoms with E-state index in [1.165, 1.54) is 24.8 Å². The Bertz CT molecular complexity index is 752. The van der Waals surface area contributed by atoms with Crippen LogP contribution in [0.2, 0.25) is 0 Å². The van der Waals surface area contributed by atoms with Crippen molar-refractivity contribution in [1.29, 1.82) is 0 Å². The van der Waals surface area contributed by atoms with Crippen LogP contribution in [0.25, 0.3) is 0 Å². The van der Waals surface area contributed by atoms with Crippen molar-refractivity contribution in [3.63, 3.8) is 0 Å². The smallest absolute Gasteiger partial charge is 0.253 e. The molecule has 0 spiro atoms. The van der Waals surface area contributed by atoms with Gasteiger partial charge in [0.1, 0.15) is 0 Å². The predicted octanol–water partition coefficient (Wildman–Crippen LogP) is 4.71. The minimum absolute atomic E-state index is 0.0520. The maximum Gasteiger partial charge on any atom is 0.253 e. The van der Waals surface area contributed by atoms with Gasteiger partial charge in [-0.05, 0) is 43.4 Å². The van der Waals surface area contributed by atoms with Gasteiger partial charge in [-0.15, -0.1) is 0 Å². The first-order valence-corrected chi connectivity index (χ1v) is 9.96. The summed E-state index contributed by atoms with van der Waals surface area (Å²) >= 11 is 0. The van der Waals surface area contributed by atoms with E-state index in [0.717, 1.165) is 25.7 Å². The fraction of sp³-hybridized carbons (Fsp3) is 0.391. The Hall–Kier alpha value is -2.62. The van der Waals surface area contributed by atoms with E-state index < -0.39 is 0 Å². The monoisotopic (exact) mass is 364 g/mol. The molecule has 27 heavy (non-hydrogen) atoms. The molecule has 0 bridgehead atoms. The Kier molecular flexibility index (Phi) is 7.03. The van der Waals surface area contributed by atoms with Crippen LogP contribution >= 0.6 is 0 Å². The second-order valence-electron chi connectivity index (χ2n) is 7.24. The van der Waals surface area contributed by atoms with E-state index in [9.17, 15) is 9.59 Å². The van der Waals surface area contributed by atoms with Gasteiger partial charge in [-0.25, -0.2) is 0 Å².